The average molecular weight is 245 g/mol. The molecule has 3 N–H and O–H groups in total. The van der Waals surface area contributed by atoms with Gasteiger partial charge in [-0.1, -0.05) is 18.2 Å². The molecule has 0 aliphatic carbocycles. The van der Waals surface area contributed by atoms with Gasteiger partial charge < -0.3 is 20.3 Å². The van der Waals surface area contributed by atoms with Gasteiger partial charge in [0, 0.05) is 6.54 Å². The number of aromatic hydroxyl groups is 2. The molecule has 4 heteroatoms. The van der Waals surface area contributed by atoms with Crippen LogP contribution in [0.3, 0.4) is 0 Å². The molecule has 0 spiro atoms. The Morgan fingerprint density at radius 2 is 1.83 bits per heavy atom. The van der Waals surface area contributed by atoms with Gasteiger partial charge in [-0.2, -0.15) is 0 Å². The molecular formula is C14H15NO3. The Labute approximate surface area is 105 Å². The second kappa shape index (κ2) is 5.31. The van der Waals surface area contributed by atoms with Crippen LogP contribution in [0.2, 0.25) is 0 Å². The summed E-state index contributed by atoms with van der Waals surface area (Å²) in [6.07, 6.45) is 0. The molecule has 0 saturated heterocycles. The summed E-state index contributed by atoms with van der Waals surface area (Å²) in [5.74, 6) is 0.533. The van der Waals surface area contributed by atoms with Crippen molar-refractivity contribution in [2.45, 2.75) is 6.54 Å². The topological polar surface area (TPSA) is 61.7 Å². The van der Waals surface area contributed by atoms with Gasteiger partial charge in [0.05, 0.1) is 12.8 Å². The Kier molecular flexibility index (Phi) is 3.57. The predicted molar refractivity (Wildman–Crippen MR) is 70.1 cm³/mol. The zero-order chi connectivity index (χ0) is 13.0. The number of hydrogen-bond acceptors (Lipinski definition) is 4. The molecule has 2 aromatic carbocycles. The minimum atomic E-state index is -0.116. The van der Waals surface area contributed by atoms with Crippen LogP contribution in [0.25, 0.3) is 0 Å². The molecule has 18 heavy (non-hydrogen) atoms. The first kappa shape index (κ1) is 12.1. The summed E-state index contributed by atoms with van der Waals surface area (Å²) in [6.45, 7) is 0.536. The van der Waals surface area contributed by atoms with Crippen molar-refractivity contribution in [2.24, 2.45) is 0 Å². The summed E-state index contributed by atoms with van der Waals surface area (Å²) in [5.41, 5.74) is 1.75. The van der Waals surface area contributed by atoms with Crippen molar-refractivity contribution in [3.8, 4) is 17.2 Å². The summed E-state index contributed by atoms with van der Waals surface area (Å²) in [7, 11) is 1.62. The lowest BCUT2D eigenvalue weighted by Crippen LogP contribution is -2.01. The summed E-state index contributed by atoms with van der Waals surface area (Å²) < 4.78 is 5.22. The second-order valence-electron chi connectivity index (χ2n) is 3.88. The summed E-state index contributed by atoms with van der Waals surface area (Å²) in [6, 6.07) is 12.3. The zero-order valence-electron chi connectivity index (χ0n) is 10.1. The number of hydrogen-bond donors (Lipinski definition) is 3. The van der Waals surface area contributed by atoms with Crippen LogP contribution in [0, 0.1) is 0 Å². The third-order valence-electron chi connectivity index (χ3n) is 2.63. The maximum atomic E-state index is 9.40. The first-order valence-electron chi connectivity index (χ1n) is 5.58. The molecule has 0 aliphatic heterocycles. The van der Waals surface area contributed by atoms with Crippen molar-refractivity contribution >= 4 is 5.69 Å². The van der Waals surface area contributed by atoms with Gasteiger partial charge in [-0.3, -0.25) is 0 Å². The first-order chi connectivity index (χ1) is 8.70. The van der Waals surface area contributed by atoms with Crippen LogP contribution < -0.4 is 10.1 Å². The third-order valence-corrected chi connectivity index (χ3v) is 2.63. The van der Waals surface area contributed by atoms with Gasteiger partial charge in [-0.15, -0.1) is 0 Å². The number of ether oxygens (including phenoxy) is 1. The molecule has 0 amide bonds. The van der Waals surface area contributed by atoms with Gasteiger partial charge >= 0.3 is 0 Å². The van der Waals surface area contributed by atoms with E-state index in [2.05, 4.69) is 5.32 Å². The van der Waals surface area contributed by atoms with Crippen LogP contribution in [0.5, 0.6) is 17.2 Å². The van der Waals surface area contributed by atoms with E-state index in [4.69, 9.17) is 4.74 Å². The van der Waals surface area contributed by atoms with E-state index < -0.39 is 0 Å². The van der Waals surface area contributed by atoms with Gasteiger partial charge in [0.1, 0.15) is 5.75 Å². The lowest BCUT2D eigenvalue weighted by atomic mass is 10.2. The number of methoxy groups -OCH3 is 1. The molecule has 94 valence electrons. The number of phenolic OH excluding ortho intramolecular Hbond substituents is 2. The number of para-hydroxylation sites is 2. The van der Waals surface area contributed by atoms with Crippen LogP contribution in [0.4, 0.5) is 5.69 Å². The fraction of sp³-hybridized carbons (Fsp3) is 0.143. The minimum Gasteiger partial charge on any atom is -0.504 e. The number of anilines is 1. The Morgan fingerprint density at radius 3 is 2.56 bits per heavy atom. The van der Waals surface area contributed by atoms with E-state index in [-0.39, 0.29) is 11.5 Å². The van der Waals surface area contributed by atoms with Crippen LogP contribution in [0.1, 0.15) is 5.56 Å². The highest BCUT2D eigenvalue weighted by Crippen LogP contribution is 2.27. The van der Waals surface area contributed by atoms with E-state index in [1.54, 1.807) is 13.2 Å². The van der Waals surface area contributed by atoms with Crippen LogP contribution in [0.15, 0.2) is 42.5 Å². The standard InChI is InChI=1S/C14H15NO3/c1-18-14-5-3-2-4-11(14)15-9-10-6-7-12(16)13(17)8-10/h2-8,15-17H,9H2,1H3. The Balaban J connectivity index is 2.09. The molecule has 0 heterocycles. The molecule has 0 saturated carbocycles. The second-order valence-corrected chi connectivity index (χ2v) is 3.88. The van der Waals surface area contributed by atoms with E-state index in [0.29, 0.717) is 6.54 Å². The molecule has 2 rings (SSSR count). The SMILES string of the molecule is COc1ccccc1NCc1ccc(O)c(O)c1. The smallest absolute Gasteiger partial charge is 0.157 e. The third kappa shape index (κ3) is 2.66. The molecular weight excluding hydrogens is 230 g/mol. The highest BCUT2D eigenvalue weighted by molar-refractivity contribution is 5.56. The molecule has 0 atom stereocenters. The minimum absolute atomic E-state index is 0.115. The highest BCUT2D eigenvalue weighted by atomic mass is 16.5. The van der Waals surface area contributed by atoms with Crippen molar-refractivity contribution in [1.82, 2.24) is 0 Å². The van der Waals surface area contributed by atoms with Gasteiger partial charge in [-0.05, 0) is 29.8 Å². The first-order valence-corrected chi connectivity index (χ1v) is 5.58. The predicted octanol–water partition coefficient (Wildman–Crippen LogP) is 2.72. The van der Waals surface area contributed by atoms with E-state index in [1.807, 2.05) is 24.3 Å². The van der Waals surface area contributed by atoms with E-state index in [0.717, 1.165) is 17.0 Å². The number of nitrogens with one attached hydrogen (secondary N) is 1. The number of rotatable bonds is 4. The monoisotopic (exact) mass is 245 g/mol. The Morgan fingerprint density at radius 1 is 1.06 bits per heavy atom. The van der Waals surface area contributed by atoms with Gasteiger partial charge in [0.15, 0.2) is 11.5 Å². The van der Waals surface area contributed by atoms with Crippen LogP contribution >= 0.6 is 0 Å². The molecule has 0 aromatic heterocycles. The lowest BCUT2D eigenvalue weighted by molar-refractivity contribution is 0.403. The average Bonchev–Trinajstić information content (AvgIpc) is 2.40. The Bertz CT molecular complexity index is 540. The van der Waals surface area contributed by atoms with Crippen molar-refractivity contribution in [3.63, 3.8) is 0 Å². The maximum Gasteiger partial charge on any atom is 0.157 e. The highest BCUT2D eigenvalue weighted by Gasteiger charge is 2.03. The van der Waals surface area contributed by atoms with Crippen molar-refractivity contribution in [3.05, 3.63) is 48.0 Å². The fourth-order valence-corrected chi connectivity index (χ4v) is 1.67. The Hall–Kier alpha value is -2.36. The quantitative estimate of drug-likeness (QED) is 0.725. The van der Waals surface area contributed by atoms with Gasteiger partial charge in [-0.25, -0.2) is 0 Å². The molecule has 2 aromatic rings. The van der Waals surface area contributed by atoms with E-state index >= 15 is 0 Å². The number of phenols is 2. The summed E-state index contributed by atoms with van der Waals surface area (Å²) >= 11 is 0. The molecule has 0 bridgehead atoms. The van der Waals surface area contributed by atoms with E-state index in [9.17, 15) is 10.2 Å². The normalized spacial score (nSPS) is 10.1. The van der Waals surface area contributed by atoms with E-state index in [1.165, 1.54) is 12.1 Å². The van der Waals surface area contributed by atoms with Crippen LogP contribution in [-0.4, -0.2) is 17.3 Å². The molecule has 0 radical (unpaired) electrons. The molecule has 4 nitrogen and oxygen atoms in total. The summed E-state index contributed by atoms with van der Waals surface area (Å²) in [4.78, 5) is 0. The van der Waals surface area contributed by atoms with Gasteiger partial charge in [0.25, 0.3) is 0 Å². The molecule has 0 aliphatic rings. The summed E-state index contributed by atoms with van der Waals surface area (Å²) in [5, 5.41) is 21.8. The van der Waals surface area contributed by atoms with Crippen molar-refractivity contribution < 1.29 is 14.9 Å². The number of benzene rings is 2. The largest absolute Gasteiger partial charge is 0.504 e. The molecule has 0 unspecified atom stereocenters. The lowest BCUT2D eigenvalue weighted by Gasteiger charge is -2.11. The van der Waals surface area contributed by atoms with Crippen LogP contribution in [-0.2, 0) is 6.54 Å². The molecule has 0 fully saturated rings. The fourth-order valence-electron chi connectivity index (χ4n) is 1.67. The zero-order valence-corrected chi connectivity index (χ0v) is 10.1. The van der Waals surface area contributed by atoms with Crippen molar-refractivity contribution in [2.75, 3.05) is 12.4 Å². The maximum absolute atomic E-state index is 9.40. The van der Waals surface area contributed by atoms with Gasteiger partial charge in [0.2, 0.25) is 0 Å². The van der Waals surface area contributed by atoms with Crippen molar-refractivity contribution in [1.29, 1.82) is 0 Å².